The van der Waals surface area contributed by atoms with E-state index in [1.807, 2.05) is 17.5 Å². The Morgan fingerprint density at radius 3 is 3.13 bits per heavy atom. The van der Waals surface area contributed by atoms with Crippen LogP contribution in [0.3, 0.4) is 0 Å². The molecule has 0 fully saturated rings. The van der Waals surface area contributed by atoms with E-state index in [0.29, 0.717) is 6.54 Å². The van der Waals surface area contributed by atoms with Gasteiger partial charge in [-0.25, -0.2) is 4.98 Å². The molecular weight excluding hydrogens is 206 g/mol. The summed E-state index contributed by atoms with van der Waals surface area (Å²) < 4.78 is 2.34. The molecule has 0 atom stereocenters. The maximum Gasteiger partial charge on any atom is 0.194 e. The molecule has 0 aliphatic heterocycles. The van der Waals surface area contributed by atoms with Crippen LogP contribution in [0, 0.1) is 0 Å². The van der Waals surface area contributed by atoms with E-state index < -0.39 is 0 Å². The van der Waals surface area contributed by atoms with Gasteiger partial charge in [-0.3, -0.25) is 4.40 Å². The molecular formula is C11H15N3S. The van der Waals surface area contributed by atoms with Crippen molar-refractivity contribution in [1.29, 1.82) is 0 Å². The van der Waals surface area contributed by atoms with Crippen molar-refractivity contribution in [1.82, 2.24) is 9.38 Å². The summed E-state index contributed by atoms with van der Waals surface area (Å²) >= 11 is 1.86. The fourth-order valence-corrected chi connectivity index (χ4v) is 3.57. The van der Waals surface area contributed by atoms with Gasteiger partial charge in [0.05, 0.1) is 6.20 Å². The van der Waals surface area contributed by atoms with Gasteiger partial charge in [0.15, 0.2) is 4.96 Å². The third kappa shape index (κ3) is 1.40. The van der Waals surface area contributed by atoms with Crippen molar-refractivity contribution < 1.29 is 0 Å². The van der Waals surface area contributed by atoms with E-state index in [1.54, 1.807) is 4.88 Å². The summed E-state index contributed by atoms with van der Waals surface area (Å²) in [5, 5.41) is 0. The van der Waals surface area contributed by atoms with Crippen LogP contribution >= 0.6 is 11.3 Å². The van der Waals surface area contributed by atoms with E-state index in [2.05, 4.69) is 9.38 Å². The largest absolute Gasteiger partial charge is 0.330 e. The summed E-state index contributed by atoms with van der Waals surface area (Å²) in [6.45, 7) is 0.707. The summed E-state index contributed by atoms with van der Waals surface area (Å²) in [7, 11) is 0. The Hall–Kier alpha value is -0.870. The van der Waals surface area contributed by atoms with Gasteiger partial charge in [-0.15, -0.1) is 11.3 Å². The van der Waals surface area contributed by atoms with Crippen LogP contribution in [0.4, 0.5) is 0 Å². The average molecular weight is 221 g/mol. The number of aryl methyl sites for hydroxylation is 2. The minimum absolute atomic E-state index is 0.707. The molecule has 0 bridgehead atoms. The number of aromatic nitrogens is 2. The third-order valence-corrected chi connectivity index (χ3v) is 4.23. The third-order valence-electron chi connectivity index (χ3n) is 3.08. The first-order valence-electron chi connectivity index (χ1n) is 5.57. The normalized spacial score (nSPS) is 15.8. The molecule has 2 N–H and O–H groups in total. The predicted molar refractivity (Wildman–Crippen MR) is 62.5 cm³/mol. The van der Waals surface area contributed by atoms with Crippen LogP contribution in [-0.4, -0.2) is 15.9 Å². The first kappa shape index (κ1) is 9.36. The van der Waals surface area contributed by atoms with Crippen molar-refractivity contribution in [3.8, 4) is 0 Å². The van der Waals surface area contributed by atoms with Gasteiger partial charge in [0.1, 0.15) is 0 Å². The molecule has 0 saturated heterocycles. The second-order valence-corrected chi connectivity index (χ2v) is 5.15. The lowest BCUT2D eigenvalue weighted by molar-refractivity contribution is 0.669. The Labute approximate surface area is 92.9 Å². The highest BCUT2D eigenvalue weighted by atomic mass is 32.1. The fourth-order valence-electron chi connectivity index (χ4n) is 2.37. The highest BCUT2D eigenvalue weighted by Gasteiger charge is 2.18. The van der Waals surface area contributed by atoms with Crippen LogP contribution in [0.5, 0.6) is 0 Å². The van der Waals surface area contributed by atoms with E-state index in [4.69, 9.17) is 5.73 Å². The van der Waals surface area contributed by atoms with Crippen LogP contribution in [-0.2, 0) is 19.3 Å². The van der Waals surface area contributed by atoms with E-state index in [0.717, 1.165) is 11.4 Å². The Morgan fingerprint density at radius 2 is 2.27 bits per heavy atom. The number of nitrogens with two attached hydrogens (primary N) is 1. The summed E-state index contributed by atoms with van der Waals surface area (Å²) in [5.74, 6) is 0. The van der Waals surface area contributed by atoms with Gasteiger partial charge in [0, 0.05) is 22.7 Å². The van der Waals surface area contributed by atoms with Crippen molar-refractivity contribution in [2.75, 3.05) is 6.54 Å². The minimum atomic E-state index is 0.707. The van der Waals surface area contributed by atoms with Crippen LogP contribution in [0.2, 0.25) is 0 Å². The molecule has 0 aromatic carbocycles. The average Bonchev–Trinajstić information content (AvgIpc) is 2.78. The molecule has 2 heterocycles. The van der Waals surface area contributed by atoms with Crippen molar-refractivity contribution >= 4 is 16.3 Å². The summed E-state index contributed by atoms with van der Waals surface area (Å²) in [5.41, 5.74) is 8.40. The lowest BCUT2D eigenvalue weighted by Gasteiger charge is -2.11. The maximum absolute atomic E-state index is 5.62. The van der Waals surface area contributed by atoms with Gasteiger partial charge in [-0.05, 0) is 32.2 Å². The number of thiazole rings is 1. The summed E-state index contributed by atoms with van der Waals surface area (Å²) in [6.07, 6.45) is 8.02. The van der Waals surface area contributed by atoms with Crippen LogP contribution < -0.4 is 5.73 Å². The second-order valence-electron chi connectivity index (χ2n) is 4.09. The lowest BCUT2D eigenvalue weighted by atomic mass is 10.0. The highest BCUT2D eigenvalue weighted by Crippen LogP contribution is 2.30. The van der Waals surface area contributed by atoms with Gasteiger partial charge < -0.3 is 5.73 Å². The zero-order valence-electron chi connectivity index (χ0n) is 8.70. The topological polar surface area (TPSA) is 43.3 Å². The Morgan fingerprint density at radius 1 is 1.40 bits per heavy atom. The Bertz CT molecular complexity index is 483. The molecule has 3 rings (SSSR count). The van der Waals surface area contributed by atoms with Crippen LogP contribution in [0.15, 0.2) is 6.20 Å². The lowest BCUT2D eigenvalue weighted by Crippen LogP contribution is -2.08. The van der Waals surface area contributed by atoms with Gasteiger partial charge >= 0.3 is 0 Å². The Balaban J connectivity index is 2.18. The molecule has 4 heteroatoms. The van der Waals surface area contributed by atoms with Crippen LogP contribution in [0.1, 0.15) is 29.1 Å². The zero-order valence-corrected chi connectivity index (χ0v) is 9.52. The molecule has 0 spiro atoms. The molecule has 3 nitrogen and oxygen atoms in total. The summed E-state index contributed by atoms with van der Waals surface area (Å²) in [4.78, 5) is 7.17. The fraction of sp³-hybridized carbons (Fsp3) is 0.545. The minimum Gasteiger partial charge on any atom is -0.330 e. The quantitative estimate of drug-likeness (QED) is 0.840. The number of rotatable bonds is 2. The van der Waals surface area contributed by atoms with Crippen molar-refractivity contribution in [3.63, 3.8) is 0 Å². The molecule has 2 aromatic rings. The monoisotopic (exact) mass is 221 g/mol. The van der Waals surface area contributed by atoms with Gasteiger partial charge in [0.25, 0.3) is 0 Å². The van der Waals surface area contributed by atoms with E-state index >= 15 is 0 Å². The van der Waals surface area contributed by atoms with Crippen molar-refractivity contribution in [2.24, 2.45) is 5.73 Å². The van der Waals surface area contributed by atoms with Crippen LogP contribution in [0.25, 0.3) is 4.96 Å². The number of fused-ring (bicyclic) bond motifs is 3. The molecule has 1 aliphatic rings. The van der Waals surface area contributed by atoms with E-state index in [1.165, 1.54) is 37.1 Å². The standard InChI is InChI=1S/C11H15N3S/c12-6-5-8-7-13-11-14(8)9-3-1-2-4-10(9)15-11/h7H,1-6,12H2. The predicted octanol–water partition coefficient (Wildman–Crippen LogP) is 1.78. The van der Waals surface area contributed by atoms with Gasteiger partial charge in [0.2, 0.25) is 0 Å². The first-order chi connectivity index (χ1) is 7.40. The molecule has 1 aliphatic carbocycles. The number of imidazole rings is 1. The maximum atomic E-state index is 5.62. The Kier molecular flexibility index (Phi) is 2.25. The smallest absolute Gasteiger partial charge is 0.194 e. The first-order valence-corrected chi connectivity index (χ1v) is 6.38. The molecule has 15 heavy (non-hydrogen) atoms. The molecule has 2 aromatic heterocycles. The van der Waals surface area contributed by atoms with Crippen molar-refractivity contribution in [2.45, 2.75) is 32.1 Å². The number of hydrogen-bond acceptors (Lipinski definition) is 3. The SMILES string of the molecule is NCCc1cnc2sc3c(n12)CCCC3. The van der Waals surface area contributed by atoms with E-state index in [9.17, 15) is 0 Å². The molecule has 0 saturated carbocycles. The zero-order chi connectivity index (χ0) is 10.3. The highest BCUT2D eigenvalue weighted by molar-refractivity contribution is 7.17. The van der Waals surface area contributed by atoms with E-state index in [-0.39, 0.29) is 0 Å². The van der Waals surface area contributed by atoms with Crippen molar-refractivity contribution in [3.05, 3.63) is 22.5 Å². The molecule has 0 radical (unpaired) electrons. The summed E-state index contributed by atoms with van der Waals surface area (Å²) in [6, 6.07) is 0. The molecule has 0 amide bonds. The number of hydrogen-bond donors (Lipinski definition) is 1. The molecule has 80 valence electrons. The molecule has 0 unspecified atom stereocenters. The van der Waals surface area contributed by atoms with Gasteiger partial charge in [-0.2, -0.15) is 0 Å². The number of nitrogens with zero attached hydrogens (tertiary/aromatic N) is 2. The second kappa shape index (κ2) is 3.61. The van der Waals surface area contributed by atoms with Gasteiger partial charge in [-0.1, -0.05) is 0 Å².